The smallest absolute Gasteiger partial charge is 0.157 e. The fourth-order valence-corrected chi connectivity index (χ4v) is 3.73. The number of pyridine rings is 1. The minimum atomic E-state index is -0.489. The average molecular weight is 357 g/mol. The summed E-state index contributed by atoms with van der Waals surface area (Å²) in [5.41, 5.74) is 1.17. The topological polar surface area (TPSA) is 66.7 Å². The van der Waals surface area contributed by atoms with Crippen LogP contribution >= 0.6 is 0 Å². The van der Waals surface area contributed by atoms with Crippen LogP contribution in [-0.2, 0) is 13.1 Å². The van der Waals surface area contributed by atoms with E-state index in [2.05, 4.69) is 32.0 Å². The molecule has 7 heteroatoms. The van der Waals surface area contributed by atoms with Crippen molar-refractivity contribution in [3.63, 3.8) is 0 Å². The Balaban J connectivity index is 1.32. The Bertz CT molecular complexity index is 711. The Morgan fingerprint density at radius 1 is 1.19 bits per heavy atom. The molecule has 0 radical (unpaired) electrons. The standard InChI is InChI=1S/C19H27N5O2/c1-2-24-12-16(10-21-24)26-18-14-22(13-17(18)25)11-15-5-6-19(20-9-15)23-7-3-4-8-23/h5-6,9-10,12,17-18,25H,2-4,7-8,11,13-14H2,1H3/t17-,18-/m1/s1. The summed E-state index contributed by atoms with van der Waals surface area (Å²) >= 11 is 0. The summed E-state index contributed by atoms with van der Waals surface area (Å²) < 4.78 is 7.75. The molecule has 7 nitrogen and oxygen atoms in total. The lowest BCUT2D eigenvalue weighted by Gasteiger charge is -2.18. The van der Waals surface area contributed by atoms with Crippen molar-refractivity contribution in [3.8, 4) is 5.75 Å². The van der Waals surface area contributed by atoms with Gasteiger partial charge in [0.15, 0.2) is 5.75 Å². The monoisotopic (exact) mass is 357 g/mol. The molecule has 0 aliphatic carbocycles. The molecule has 1 N–H and O–H groups in total. The average Bonchev–Trinajstić information content (AvgIpc) is 3.39. The van der Waals surface area contributed by atoms with Crippen molar-refractivity contribution in [1.29, 1.82) is 0 Å². The van der Waals surface area contributed by atoms with Gasteiger partial charge in [0.25, 0.3) is 0 Å². The molecule has 2 aromatic heterocycles. The van der Waals surface area contributed by atoms with Gasteiger partial charge in [-0.3, -0.25) is 9.58 Å². The van der Waals surface area contributed by atoms with Gasteiger partial charge in [0.1, 0.15) is 18.0 Å². The molecular weight excluding hydrogens is 330 g/mol. The van der Waals surface area contributed by atoms with Crippen LogP contribution in [0.3, 0.4) is 0 Å². The van der Waals surface area contributed by atoms with Crippen LogP contribution in [0.5, 0.6) is 5.75 Å². The molecule has 0 bridgehead atoms. The van der Waals surface area contributed by atoms with Crippen LogP contribution in [0.4, 0.5) is 5.82 Å². The maximum absolute atomic E-state index is 10.3. The molecule has 0 spiro atoms. The van der Waals surface area contributed by atoms with Crippen LogP contribution in [0.1, 0.15) is 25.3 Å². The van der Waals surface area contributed by atoms with Crippen LogP contribution in [-0.4, -0.2) is 63.2 Å². The van der Waals surface area contributed by atoms with Crippen LogP contribution in [0, 0.1) is 0 Å². The highest BCUT2D eigenvalue weighted by Gasteiger charge is 2.33. The molecule has 2 saturated heterocycles. The second-order valence-corrected chi connectivity index (χ2v) is 7.17. The van der Waals surface area contributed by atoms with E-state index in [0.29, 0.717) is 13.1 Å². The second kappa shape index (κ2) is 7.63. The zero-order chi connectivity index (χ0) is 17.9. The van der Waals surface area contributed by atoms with Gasteiger partial charge in [-0.25, -0.2) is 4.98 Å². The van der Waals surface area contributed by atoms with Crippen molar-refractivity contribution in [3.05, 3.63) is 36.3 Å². The van der Waals surface area contributed by atoms with E-state index >= 15 is 0 Å². The van der Waals surface area contributed by atoms with Gasteiger partial charge in [-0.2, -0.15) is 5.10 Å². The Labute approximate surface area is 154 Å². The first-order valence-electron chi connectivity index (χ1n) is 9.50. The van der Waals surface area contributed by atoms with Crippen LogP contribution in [0.2, 0.25) is 0 Å². The SMILES string of the molecule is CCn1cc(O[C@@H]2CN(Cc3ccc(N4CCCC4)nc3)C[C@H]2O)cn1. The summed E-state index contributed by atoms with van der Waals surface area (Å²) in [6.45, 7) is 7.15. The van der Waals surface area contributed by atoms with Crippen LogP contribution in [0.25, 0.3) is 0 Å². The first kappa shape index (κ1) is 17.3. The van der Waals surface area contributed by atoms with Gasteiger partial charge in [-0.1, -0.05) is 6.07 Å². The molecule has 4 heterocycles. The van der Waals surface area contributed by atoms with Crippen molar-refractivity contribution in [2.24, 2.45) is 0 Å². The third kappa shape index (κ3) is 3.83. The van der Waals surface area contributed by atoms with Gasteiger partial charge < -0.3 is 14.7 Å². The number of anilines is 1. The van der Waals surface area contributed by atoms with E-state index < -0.39 is 6.10 Å². The number of aromatic nitrogens is 3. The number of rotatable bonds is 6. The van der Waals surface area contributed by atoms with Crippen LogP contribution < -0.4 is 9.64 Å². The highest BCUT2D eigenvalue weighted by atomic mass is 16.5. The van der Waals surface area contributed by atoms with Crippen molar-refractivity contribution < 1.29 is 9.84 Å². The molecule has 0 unspecified atom stereocenters. The fraction of sp³-hybridized carbons (Fsp3) is 0.579. The predicted octanol–water partition coefficient (Wildman–Crippen LogP) is 1.52. The molecule has 26 heavy (non-hydrogen) atoms. The lowest BCUT2D eigenvalue weighted by atomic mass is 10.2. The number of likely N-dealkylation sites (tertiary alicyclic amines) is 1. The molecule has 2 aliphatic heterocycles. The normalized spacial score (nSPS) is 23.7. The van der Waals surface area contributed by atoms with Crippen molar-refractivity contribution in [1.82, 2.24) is 19.7 Å². The van der Waals surface area contributed by atoms with Crippen molar-refractivity contribution in [2.75, 3.05) is 31.1 Å². The van der Waals surface area contributed by atoms with Gasteiger partial charge in [-0.15, -0.1) is 0 Å². The maximum Gasteiger partial charge on any atom is 0.157 e. The lowest BCUT2D eigenvalue weighted by Crippen LogP contribution is -2.29. The quantitative estimate of drug-likeness (QED) is 0.846. The maximum atomic E-state index is 10.3. The third-order valence-electron chi connectivity index (χ3n) is 5.18. The van der Waals surface area contributed by atoms with Gasteiger partial charge in [-0.05, 0) is 31.4 Å². The van der Waals surface area contributed by atoms with Gasteiger partial charge in [0.05, 0.1) is 12.4 Å². The summed E-state index contributed by atoms with van der Waals surface area (Å²) in [7, 11) is 0. The number of aryl methyl sites for hydroxylation is 1. The summed E-state index contributed by atoms with van der Waals surface area (Å²) in [6.07, 6.45) is 7.34. The highest BCUT2D eigenvalue weighted by Crippen LogP contribution is 2.21. The zero-order valence-electron chi connectivity index (χ0n) is 15.3. The second-order valence-electron chi connectivity index (χ2n) is 7.17. The van der Waals surface area contributed by atoms with E-state index in [4.69, 9.17) is 4.74 Å². The van der Waals surface area contributed by atoms with E-state index in [-0.39, 0.29) is 6.10 Å². The summed E-state index contributed by atoms with van der Waals surface area (Å²) in [6, 6.07) is 4.26. The molecule has 0 aromatic carbocycles. The first-order valence-corrected chi connectivity index (χ1v) is 9.50. The molecular formula is C19H27N5O2. The predicted molar refractivity (Wildman–Crippen MR) is 99.3 cm³/mol. The summed E-state index contributed by atoms with van der Waals surface area (Å²) in [5.74, 6) is 1.79. The Morgan fingerprint density at radius 3 is 2.73 bits per heavy atom. The zero-order valence-corrected chi connectivity index (χ0v) is 15.3. The number of hydrogen-bond acceptors (Lipinski definition) is 6. The van der Waals surface area contributed by atoms with Crippen LogP contribution in [0.15, 0.2) is 30.7 Å². The van der Waals surface area contributed by atoms with E-state index in [9.17, 15) is 5.11 Å². The first-order chi connectivity index (χ1) is 12.7. The summed E-state index contributed by atoms with van der Waals surface area (Å²) in [5, 5.41) is 14.5. The van der Waals surface area contributed by atoms with Crippen molar-refractivity contribution in [2.45, 2.75) is 45.1 Å². The molecule has 0 amide bonds. The minimum Gasteiger partial charge on any atom is -0.483 e. The van der Waals surface area contributed by atoms with Gasteiger partial charge in [0, 0.05) is 45.5 Å². The Hall–Kier alpha value is -2.12. The number of aliphatic hydroxyl groups is 1. The number of ether oxygens (including phenoxy) is 1. The molecule has 0 saturated carbocycles. The third-order valence-corrected chi connectivity index (χ3v) is 5.18. The van der Waals surface area contributed by atoms with E-state index in [1.807, 2.05) is 24.0 Å². The largest absolute Gasteiger partial charge is 0.483 e. The molecule has 4 rings (SSSR count). The fourth-order valence-electron chi connectivity index (χ4n) is 3.73. The molecule has 2 aliphatic rings. The van der Waals surface area contributed by atoms with Gasteiger partial charge >= 0.3 is 0 Å². The molecule has 140 valence electrons. The Kier molecular flexibility index (Phi) is 5.08. The van der Waals surface area contributed by atoms with Crippen molar-refractivity contribution >= 4 is 5.82 Å². The van der Waals surface area contributed by atoms with E-state index in [1.165, 1.54) is 18.4 Å². The highest BCUT2D eigenvalue weighted by molar-refractivity contribution is 5.40. The Morgan fingerprint density at radius 2 is 2.04 bits per heavy atom. The van der Waals surface area contributed by atoms with Gasteiger partial charge in [0.2, 0.25) is 0 Å². The minimum absolute atomic E-state index is 0.221. The molecule has 2 aromatic rings. The number of nitrogens with zero attached hydrogens (tertiary/aromatic N) is 5. The molecule has 2 fully saturated rings. The number of β-amino-alcohol motifs (C(OH)–C–C–N with tert-alkyl or cyclic N) is 1. The summed E-state index contributed by atoms with van der Waals surface area (Å²) in [4.78, 5) is 9.17. The lowest BCUT2D eigenvalue weighted by molar-refractivity contribution is 0.0736. The number of hydrogen-bond donors (Lipinski definition) is 1. The molecule has 2 atom stereocenters. The van der Waals surface area contributed by atoms with E-state index in [0.717, 1.165) is 37.7 Å². The number of aliphatic hydroxyl groups excluding tert-OH is 1. The van der Waals surface area contributed by atoms with E-state index in [1.54, 1.807) is 6.20 Å².